The lowest BCUT2D eigenvalue weighted by molar-refractivity contribution is 0.682. The molecule has 0 bridgehead atoms. The van der Waals surface area contributed by atoms with Crippen LogP contribution in [0.25, 0.3) is 0 Å². The highest BCUT2D eigenvalue weighted by atomic mass is 32.2. The molecule has 5 heteroatoms. The van der Waals surface area contributed by atoms with Gasteiger partial charge in [-0.25, -0.2) is 0 Å². The SMILES string of the molecule is CCC[S@@](=O)c1snnc1C. The molecular weight excluding hydrogens is 180 g/mol. The van der Waals surface area contributed by atoms with E-state index in [0.717, 1.165) is 16.3 Å². The van der Waals surface area contributed by atoms with E-state index in [-0.39, 0.29) is 0 Å². The Morgan fingerprint density at radius 1 is 1.64 bits per heavy atom. The Balaban J connectivity index is 2.76. The van der Waals surface area contributed by atoms with Crippen LogP contribution in [-0.2, 0) is 10.8 Å². The van der Waals surface area contributed by atoms with Gasteiger partial charge in [-0.15, -0.1) is 5.10 Å². The lowest BCUT2D eigenvalue weighted by atomic mass is 10.6. The first-order valence-corrected chi connectivity index (χ1v) is 5.52. The second-order valence-electron chi connectivity index (χ2n) is 2.20. The van der Waals surface area contributed by atoms with Crippen LogP contribution in [0.15, 0.2) is 4.21 Å². The summed E-state index contributed by atoms with van der Waals surface area (Å²) < 4.78 is 15.9. The zero-order valence-electron chi connectivity index (χ0n) is 6.53. The summed E-state index contributed by atoms with van der Waals surface area (Å²) in [6.07, 6.45) is 0.934. The van der Waals surface area contributed by atoms with Crippen molar-refractivity contribution in [1.82, 2.24) is 9.59 Å². The summed E-state index contributed by atoms with van der Waals surface area (Å²) in [4.78, 5) is 0. The molecule has 0 aromatic carbocycles. The van der Waals surface area contributed by atoms with Gasteiger partial charge in [0, 0.05) is 5.75 Å². The van der Waals surface area contributed by atoms with Crippen LogP contribution >= 0.6 is 11.5 Å². The molecule has 1 aromatic rings. The molecule has 0 amide bonds. The molecule has 11 heavy (non-hydrogen) atoms. The number of nitrogens with zero attached hydrogens (tertiary/aromatic N) is 2. The smallest absolute Gasteiger partial charge is 0.135 e. The van der Waals surface area contributed by atoms with E-state index in [1.807, 2.05) is 13.8 Å². The number of aryl methyl sites for hydroxylation is 1. The van der Waals surface area contributed by atoms with Crippen molar-refractivity contribution in [3.05, 3.63) is 5.69 Å². The van der Waals surface area contributed by atoms with Gasteiger partial charge in [0.25, 0.3) is 0 Å². The average Bonchev–Trinajstić information content (AvgIpc) is 2.36. The van der Waals surface area contributed by atoms with Crippen molar-refractivity contribution in [2.75, 3.05) is 5.75 Å². The van der Waals surface area contributed by atoms with E-state index in [0.29, 0.717) is 5.75 Å². The largest absolute Gasteiger partial charge is 0.253 e. The molecule has 3 nitrogen and oxygen atoms in total. The molecule has 0 aliphatic rings. The summed E-state index contributed by atoms with van der Waals surface area (Å²) >= 11 is 1.24. The maximum Gasteiger partial charge on any atom is 0.135 e. The van der Waals surface area contributed by atoms with Gasteiger partial charge in [0.1, 0.15) is 4.21 Å². The van der Waals surface area contributed by atoms with Crippen LogP contribution in [-0.4, -0.2) is 19.5 Å². The molecule has 0 fully saturated rings. The molecule has 0 spiro atoms. The van der Waals surface area contributed by atoms with E-state index in [2.05, 4.69) is 9.59 Å². The van der Waals surface area contributed by atoms with Gasteiger partial charge in [-0.1, -0.05) is 11.4 Å². The quantitative estimate of drug-likeness (QED) is 0.723. The van der Waals surface area contributed by atoms with Gasteiger partial charge in [-0.3, -0.25) is 4.21 Å². The van der Waals surface area contributed by atoms with Crippen LogP contribution in [0.3, 0.4) is 0 Å². The van der Waals surface area contributed by atoms with Crippen LogP contribution in [0.5, 0.6) is 0 Å². The second kappa shape index (κ2) is 3.92. The molecular formula is C6H10N2OS2. The summed E-state index contributed by atoms with van der Waals surface area (Å²) in [5, 5.41) is 3.80. The molecule has 0 radical (unpaired) electrons. The Morgan fingerprint density at radius 2 is 2.36 bits per heavy atom. The monoisotopic (exact) mass is 190 g/mol. The number of hydrogen-bond acceptors (Lipinski definition) is 4. The highest BCUT2D eigenvalue weighted by Gasteiger charge is 2.09. The van der Waals surface area contributed by atoms with Gasteiger partial charge in [0.05, 0.1) is 16.5 Å². The predicted molar refractivity (Wildman–Crippen MR) is 46.2 cm³/mol. The van der Waals surface area contributed by atoms with E-state index in [1.54, 1.807) is 0 Å². The van der Waals surface area contributed by atoms with Crippen molar-refractivity contribution in [1.29, 1.82) is 0 Å². The minimum atomic E-state index is -0.870. The van der Waals surface area contributed by atoms with Gasteiger partial charge in [0.2, 0.25) is 0 Å². The maximum absolute atomic E-state index is 11.4. The number of rotatable bonds is 3. The van der Waals surface area contributed by atoms with Crippen LogP contribution in [0, 0.1) is 6.92 Å². The van der Waals surface area contributed by atoms with E-state index < -0.39 is 10.8 Å². The Kier molecular flexibility index (Phi) is 3.14. The molecule has 0 N–H and O–H groups in total. The molecule has 1 aromatic heterocycles. The van der Waals surface area contributed by atoms with E-state index in [9.17, 15) is 4.21 Å². The van der Waals surface area contributed by atoms with Gasteiger partial charge >= 0.3 is 0 Å². The highest BCUT2D eigenvalue weighted by molar-refractivity contribution is 7.87. The van der Waals surface area contributed by atoms with Crippen LogP contribution < -0.4 is 0 Å². The van der Waals surface area contributed by atoms with Crippen LogP contribution in [0.4, 0.5) is 0 Å². The lowest BCUT2D eigenvalue weighted by Crippen LogP contribution is -1.95. The van der Waals surface area contributed by atoms with Crippen LogP contribution in [0.1, 0.15) is 19.0 Å². The summed E-state index contributed by atoms with van der Waals surface area (Å²) in [5.41, 5.74) is 0.807. The third-order valence-corrected chi connectivity index (χ3v) is 4.10. The molecule has 1 rings (SSSR count). The number of hydrogen-bond donors (Lipinski definition) is 0. The zero-order chi connectivity index (χ0) is 8.27. The van der Waals surface area contributed by atoms with E-state index in [1.165, 1.54) is 11.5 Å². The molecule has 0 unspecified atom stereocenters. The Morgan fingerprint density at radius 3 is 2.82 bits per heavy atom. The third kappa shape index (κ3) is 2.07. The molecule has 0 saturated carbocycles. The molecule has 0 aliphatic heterocycles. The molecule has 0 aliphatic carbocycles. The van der Waals surface area contributed by atoms with Gasteiger partial charge in [-0.2, -0.15) is 0 Å². The lowest BCUT2D eigenvalue weighted by Gasteiger charge is -1.93. The predicted octanol–water partition coefficient (Wildman–Crippen LogP) is 1.36. The molecule has 1 heterocycles. The van der Waals surface area contributed by atoms with Gasteiger partial charge < -0.3 is 0 Å². The third-order valence-electron chi connectivity index (χ3n) is 1.21. The minimum Gasteiger partial charge on any atom is -0.253 e. The van der Waals surface area contributed by atoms with Crippen molar-refractivity contribution >= 4 is 22.3 Å². The first kappa shape index (κ1) is 8.80. The fourth-order valence-corrected chi connectivity index (χ4v) is 2.73. The molecule has 0 saturated heterocycles. The minimum absolute atomic E-state index is 0.713. The zero-order valence-corrected chi connectivity index (χ0v) is 8.17. The summed E-state index contributed by atoms with van der Waals surface area (Å²) in [5.74, 6) is 0.713. The van der Waals surface area contributed by atoms with Crippen LogP contribution in [0.2, 0.25) is 0 Å². The van der Waals surface area contributed by atoms with E-state index in [4.69, 9.17) is 0 Å². The Bertz CT molecular complexity index is 259. The average molecular weight is 190 g/mol. The first-order valence-electron chi connectivity index (χ1n) is 3.43. The fraction of sp³-hybridized carbons (Fsp3) is 0.667. The van der Waals surface area contributed by atoms with Crippen molar-refractivity contribution in [3.8, 4) is 0 Å². The summed E-state index contributed by atoms with van der Waals surface area (Å²) in [6.45, 7) is 3.86. The summed E-state index contributed by atoms with van der Waals surface area (Å²) in [6, 6.07) is 0. The van der Waals surface area contributed by atoms with Crippen molar-refractivity contribution in [3.63, 3.8) is 0 Å². The maximum atomic E-state index is 11.4. The normalized spacial score (nSPS) is 13.3. The molecule has 62 valence electrons. The van der Waals surface area contributed by atoms with Crippen molar-refractivity contribution in [2.45, 2.75) is 24.5 Å². The standard InChI is InChI=1S/C6H10N2OS2/c1-3-4-11(9)6-5(2)7-8-10-6/h3-4H2,1-2H3/t11-/m1/s1. The highest BCUT2D eigenvalue weighted by Crippen LogP contribution is 2.14. The van der Waals surface area contributed by atoms with Crippen molar-refractivity contribution in [2.24, 2.45) is 0 Å². The molecule has 1 atom stereocenters. The van der Waals surface area contributed by atoms with Gasteiger partial charge in [0.15, 0.2) is 0 Å². The van der Waals surface area contributed by atoms with E-state index >= 15 is 0 Å². The fourth-order valence-electron chi connectivity index (χ4n) is 0.710. The second-order valence-corrected chi connectivity index (χ2v) is 4.72. The Labute approximate surface area is 72.5 Å². The Hall–Kier alpha value is -0.290. The summed E-state index contributed by atoms with van der Waals surface area (Å²) in [7, 11) is -0.870. The number of aromatic nitrogens is 2. The first-order chi connectivity index (χ1) is 5.25. The topological polar surface area (TPSA) is 42.9 Å². The van der Waals surface area contributed by atoms with Gasteiger partial charge in [-0.05, 0) is 24.9 Å². The van der Waals surface area contributed by atoms with Crippen molar-refractivity contribution < 1.29 is 4.21 Å².